The van der Waals surface area contributed by atoms with Gasteiger partial charge in [0.05, 0.1) is 17.4 Å². The van der Waals surface area contributed by atoms with Crippen molar-refractivity contribution >= 4 is 20.4 Å². The highest BCUT2D eigenvalue weighted by Crippen LogP contribution is 2.51. The van der Waals surface area contributed by atoms with Gasteiger partial charge in [0.1, 0.15) is 12.4 Å². The Hall–Kier alpha value is -2.85. The second kappa shape index (κ2) is 9.84. The number of aromatic nitrogens is 2. The van der Waals surface area contributed by atoms with Crippen LogP contribution in [-0.2, 0) is 33.3 Å². The Morgan fingerprint density at radius 3 is 2.26 bits per heavy atom. The maximum atomic E-state index is 13.5. The van der Waals surface area contributed by atoms with Crippen molar-refractivity contribution in [2.75, 3.05) is 27.2 Å². The summed E-state index contributed by atoms with van der Waals surface area (Å²) in [5.41, 5.74) is 2.14. The zero-order valence-electron chi connectivity index (χ0n) is 22.8. The number of benzene rings is 2. The van der Waals surface area contributed by atoms with E-state index >= 15 is 0 Å². The molecule has 9 nitrogen and oxygen atoms in total. The molecule has 0 amide bonds. The smallest absolute Gasteiger partial charge is 0.227 e. The molecule has 3 unspecified atom stereocenters. The maximum absolute atomic E-state index is 13.5. The van der Waals surface area contributed by atoms with Crippen LogP contribution in [0.1, 0.15) is 24.0 Å². The number of nitrogens with zero attached hydrogens (tertiary/aromatic N) is 4. The van der Waals surface area contributed by atoms with Crippen LogP contribution in [0, 0.1) is 17.7 Å². The third-order valence-electron chi connectivity index (χ3n) is 8.69. The van der Waals surface area contributed by atoms with Crippen molar-refractivity contribution in [3.05, 3.63) is 65.6 Å². The molecular formula is C27H29F4N5O4S2. The predicted octanol–water partition coefficient (Wildman–Crippen LogP) is 3.59. The first-order valence-electron chi connectivity index (χ1n) is 13.4. The van der Waals surface area contributed by atoms with E-state index in [1.54, 1.807) is 6.07 Å². The van der Waals surface area contributed by atoms with Crippen LogP contribution in [-0.4, -0.2) is 73.3 Å². The Morgan fingerprint density at radius 2 is 1.64 bits per heavy atom. The topological polar surface area (TPSA) is 105 Å². The van der Waals surface area contributed by atoms with Gasteiger partial charge < -0.3 is 0 Å². The Kier molecular flexibility index (Phi) is 6.85. The van der Waals surface area contributed by atoms with Gasteiger partial charge in [0, 0.05) is 31.8 Å². The number of nitrogens with one attached hydrogen (secondary N) is 1. The molecule has 2 heterocycles. The zero-order chi connectivity index (χ0) is 30.2. The average Bonchev–Trinajstić information content (AvgIpc) is 3.51. The van der Waals surface area contributed by atoms with E-state index in [0.29, 0.717) is 46.8 Å². The monoisotopic (exact) mass is 627 g/mol. The van der Waals surface area contributed by atoms with Crippen molar-refractivity contribution in [3.8, 4) is 22.6 Å². The molecule has 1 N–H and O–H groups in total. The van der Waals surface area contributed by atoms with Crippen molar-refractivity contribution in [2.24, 2.45) is 11.8 Å². The molecule has 2 aromatic carbocycles. The minimum atomic E-state index is -4.66. The first-order valence-corrected chi connectivity index (χ1v) is 16.2. The Bertz CT molecular complexity index is 1760. The van der Waals surface area contributed by atoms with Crippen molar-refractivity contribution in [3.63, 3.8) is 0 Å². The fourth-order valence-electron chi connectivity index (χ4n) is 6.65. The predicted molar refractivity (Wildman–Crippen MR) is 147 cm³/mol. The Labute approximate surface area is 241 Å². The Morgan fingerprint density at radius 1 is 1.02 bits per heavy atom. The summed E-state index contributed by atoms with van der Waals surface area (Å²) >= 11 is 0. The van der Waals surface area contributed by atoms with Gasteiger partial charge >= 0.3 is 16.4 Å². The number of imidazole rings is 1. The molecule has 0 radical (unpaired) electrons. The minimum absolute atomic E-state index is 0.146. The van der Waals surface area contributed by atoms with Gasteiger partial charge in [0.2, 0.25) is 0 Å². The van der Waals surface area contributed by atoms with Crippen molar-refractivity contribution in [1.29, 1.82) is 0 Å². The highest BCUT2D eigenvalue weighted by atomic mass is 32.2. The molecule has 2 bridgehead atoms. The number of alkyl halides is 3. The fourth-order valence-corrected chi connectivity index (χ4v) is 9.31. The molecule has 6 rings (SSSR count). The third kappa shape index (κ3) is 4.94. The summed E-state index contributed by atoms with van der Waals surface area (Å²) in [6, 6.07) is 11.0. The average molecular weight is 628 g/mol. The van der Waals surface area contributed by atoms with Gasteiger partial charge in [-0.15, -0.1) is 0 Å². The van der Waals surface area contributed by atoms with Gasteiger partial charge in [-0.3, -0.25) is 0 Å². The van der Waals surface area contributed by atoms with Crippen molar-refractivity contribution < 1.29 is 34.4 Å². The van der Waals surface area contributed by atoms with Crippen molar-refractivity contribution in [1.82, 2.24) is 22.3 Å². The number of rotatable bonds is 5. The summed E-state index contributed by atoms with van der Waals surface area (Å²) < 4.78 is 111. The number of hydrogen-bond acceptors (Lipinski definition) is 5. The zero-order valence-corrected chi connectivity index (χ0v) is 24.4. The van der Waals surface area contributed by atoms with Crippen LogP contribution in [0.15, 0.2) is 48.7 Å². The van der Waals surface area contributed by atoms with Crippen LogP contribution in [0.4, 0.5) is 17.6 Å². The lowest BCUT2D eigenvalue weighted by Gasteiger charge is -2.33. The Balaban J connectivity index is 1.39. The summed E-state index contributed by atoms with van der Waals surface area (Å²) in [4.78, 5) is 4.61. The van der Waals surface area contributed by atoms with Gasteiger partial charge in [-0.05, 0) is 79.0 Å². The molecule has 3 aromatic rings. The number of halogens is 4. The lowest BCUT2D eigenvalue weighted by molar-refractivity contribution is -0.136. The summed E-state index contributed by atoms with van der Waals surface area (Å²) in [5.74, 6) is -0.730. The van der Waals surface area contributed by atoms with Gasteiger partial charge in [0.15, 0.2) is 5.82 Å². The van der Waals surface area contributed by atoms with Gasteiger partial charge in [0.25, 0.3) is 10.2 Å². The van der Waals surface area contributed by atoms with E-state index in [-0.39, 0.29) is 24.2 Å². The molecule has 42 heavy (non-hydrogen) atoms. The molecule has 3 atom stereocenters. The molecule has 2 fully saturated rings. The molecule has 1 saturated heterocycles. The van der Waals surface area contributed by atoms with Gasteiger partial charge in [-0.25, -0.2) is 13.3 Å². The van der Waals surface area contributed by atoms with Crippen LogP contribution in [0.3, 0.4) is 0 Å². The maximum Gasteiger partial charge on any atom is 0.402 e. The molecule has 2 aliphatic carbocycles. The second-order valence-corrected chi connectivity index (χ2v) is 15.1. The lowest BCUT2D eigenvalue weighted by atomic mass is 9.79. The van der Waals surface area contributed by atoms with E-state index in [1.807, 2.05) is 12.1 Å². The van der Waals surface area contributed by atoms with Crippen LogP contribution in [0.2, 0.25) is 0 Å². The summed E-state index contributed by atoms with van der Waals surface area (Å²) in [6.07, 6.45) is -1.07. The molecule has 15 heteroatoms. The van der Waals surface area contributed by atoms with E-state index in [4.69, 9.17) is 0 Å². The van der Waals surface area contributed by atoms with Gasteiger partial charge in [-0.1, -0.05) is 12.1 Å². The quantitative estimate of drug-likeness (QED) is 0.436. The van der Waals surface area contributed by atoms with Crippen LogP contribution < -0.4 is 4.72 Å². The standard InChI is InChI=1S/C27H29F4N5O4S2/c1-34(2)42(39,40)36-14-24(17-5-9-23(28)10-6-17)32-25(36)19-4-3-18-12-21-7-8-22(13-20(18)11-19)26(21)15-35(16-27(29,30)31)41(37,38)33-26/h3-6,9-11,14,21-22,33H,7-8,12-13,15-16H2,1-2H3. The summed E-state index contributed by atoms with van der Waals surface area (Å²) in [7, 11) is -5.52. The molecule has 1 aliphatic heterocycles. The first kappa shape index (κ1) is 29.2. The number of hydrogen-bond donors (Lipinski definition) is 1. The molecular weight excluding hydrogens is 598 g/mol. The summed E-state index contributed by atoms with van der Waals surface area (Å²) in [6.45, 7) is -1.79. The van der Waals surface area contributed by atoms with Gasteiger partial charge in [-0.2, -0.15) is 43.3 Å². The van der Waals surface area contributed by atoms with Crippen LogP contribution in [0.25, 0.3) is 22.6 Å². The second-order valence-electron chi connectivity index (χ2n) is 11.4. The largest absolute Gasteiger partial charge is 0.402 e. The molecule has 226 valence electrons. The van der Waals surface area contributed by atoms with E-state index in [2.05, 4.69) is 9.71 Å². The first-order chi connectivity index (χ1) is 19.6. The highest BCUT2D eigenvalue weighted by Gasteiger charge is 2.60. The molecule has 3 aliphatic rings. The lowest BCUT2D eigenvalue weighted by Crippen LogP contribution is -2.52. The van der Waals surface area contributed by atoms with E-state index in [9.17, 15) is 34.4 Å². The van der Waals surface area contributed by atoms with E-state index in [1.165, 1.54) is 44.6 Å². The van der Waals surface area contributed by atoms with Crippen LogP contribution >= 0.6 is 0 Å². The van der Waals surface area contributed by atoms with Crippen molar-refractivity contribution in [2.45, 2.75) is 37.4 Å². The molecule has 1 spiro atoms. The SMILES string of the molecule is CN(C)S(=O)(=O)n1cc(-c2ccc(F)cc2)nc1-c1ccc2c(c1)CC1CCC(C2)C12CN(CC(F)(F)F)S(=O)(=O)N2. The normalized spacial score (nSPS) is 25.7. The third-order valence-corrected chi connectivity index (χ3v) is 12.0. The van der Waals surface area contributed by atoms with E-state index < -0.39 is 44.5 Å². The summed E-state index contributed by atoms with van der Waals surface area (Å²) in [5, 5.41) is 0. The van der Waals surface area contributed by atoms with E-state index in [0.717, 1.165) is 19.4 Å². The fraction of sp³-hybridized carbons (Fsp3) is 0.444. The highest BCUT2D eigenvalue weighted by molar-refractivity contribution is 7.87. The number of fused-ring (bicyclic) bond motifs is 1. The van der Waals surface area contributed by atoms with Crippen LogP contribution in [0.5, 0.6) is 0 Å². The molecule has 1 saturated carbocycles. The molecule has 1 aromatic heterocycles. The minimum Gasteiger partial charge on any atom is -0.227 e.